The molecule has 0 bridgehead atoms. The molecule has 0 aromatic carbocycles. The van der Waals surface area contributed by atoms with Gasteiger partial charge in [-0.05, 0) is 90.0 Å². The highest BCUT2D eigenvalue weighted by Gasteiger charge is 2.25. The van der Waals surface area contributed by atoms with E-state index in [0.29, 0.717) is 12.0 Å². The highest BCUT2D eigenvalue weighted by Crippen LogP contribution is 2.32. The van der Waals surface area contributed by atoms with Crippen molar-refractivity contribution >= 4 is 0 Å². The normalized spacial score (nSPS) is 20.8. The fourth-order valence-electron chi connectivity index (χ4n) is 4.45. The Morgan fingerprint density at radius 3 is 2.25 bits per heavy atom. The number of hydrogen-bond acceptors (Lipinski definition) is 1. The van der Waals surface area contributed by atoms with Crippen molar-refractivity contribution < 1.29 is 4.74 Å². The van der Waals surface area contributed by atoms with E-state index < -0.39 is 0 Å². The van der Waals surface area contributed by atoms with Gasteiger partial charge in [0.1, 0.15) is 0 Å². The van der Waals surface area contributed by atoms with Gasteiger partial charge < -0.3 is 4.74 Å². The smallest absolute Gasteiger partial charge is 0.0850 e. The van der Waals surface area contributed by atoms with E-state index in [0.717, 1.165) is 18.9 Å². The minimum Gasteiger partial charge on any atom is -0.373 e. The third-order valence-electron chi connectivity index (χ3n) is 7.16. The van der Waals surface area contributed by atoms with Gasteiger partial charge in [0.25, 0.3) is 0 Å². The molecule has 1 heteroatoms. The van der Waals surface area contributed by atoms with Crippen LogP contribution in [0, 0.1) is 11.8 Å². The Kier molecular flexibility index (Phi) is 15.7. The monoisotopic (exact) mass is 442 g/mol. The van der Waals surface area contributed by atoms with E-state index in [4.69, 9.17) is 4.74 Å². The molecule has 0 heterocycles. The van der Waals surface area contributed by atoms with Crippen LogP contribution >= 0.6 is 0 Å². The first-order valence-corrected chi connectivity index (χ1v) is 13.7. The molecule has 0 amide bonds. The van der Waals surface area contributed by atoms with E-state index >= 15 is 0 Å². The maximum atomic E-state index is 6.32. The molecule has 0 saturated heterocycles. The van der Waals surface area contributed by atoms with Crippen LogP contribution in [0.1, 0.15) is 126 Å². The van der Waals surface area contributed by atoms with Gasteiger partial charge in [-0.1, -0.05) is 88.0 Å². The molecule has 0 fully saturated rings. The summed E-state index contributed by atoms with van der Waals surface area (Å²) in [5.41, 5.74) is 6.12. The Bertz CT molecular complexity index is 618. The summed E-state index contributed by atoms with van der Waals surface area (Å²) >= 11 is 0. The van der Waals surface area contributed by atoms with Crippen LogP contribution in [0.3, 0.4) is 0 Å². The van der Waals surface area contributed by atoms with E-state index in [-0.39, 0.29) is 0 Å². The number of unbranched alkanes of at least 4 members (excludes halogenated alkanes) is 3. The molecular weight excluding hydrogens is 388 g/mol. The van der Waals surface area contributed by atoms with Crippen LogP contribution in [-0.2, 0) is 4.74 Å². The molecule has 3 unspecified atom stereocenters. The van der Waals surface area contributed by atoms with Crippen molar-refractivity contribution in [3.63, 3.8) is 0 Å². The second kappa shape index (κ2) is 17.4. The van der Waals surface area contributed by atoms with Gasteiger partial charge in [0.2, 0.25) is 0 Å². The van der Waals surface area contributed by atoms with Crippen LogP contribution in [0.15, 0.2) is 46.6 Å². The molecule has 1 rings (SSSR count). The summed E-state index contributed by atoms with van der Waals surface area (Å²) in [6.45, 7) is 17.0. The first-order valence-electron chi connectivity index (χ1n) is 13.7. The summed E-state index contributed by atoms with van der Waals surface area (Å²) in [6.07, 6.45) is 24.9. The molecule has 0 saturated carbocycles. The maximum Gasteiger partial charge on any atom is 0.0850 e. The molecule has 0 spiro atoms. The van der Waals surface area contributed by atoms with Gasteiger partial charge in [0, 0.05) is 12.5 Å². The first kappa shape index (κ1) is 29.0. The lowest BCUT2D eigenvalue weighted by molar-refractivity contribution is 0.0461. The molecule has 0 aromatic heterocycles. The Labute approximate surface area is 201 Å². The van der Waals surface area contributed by atoms with Gasteiger partial charge in [0.15, 0.2) is 0 Å². The Morgan fingerprint density at radius 2 is 1.59 bits per heavy atom. The van der Waals surface area contributed by atoms with Crippen molar-refractivity contribution in [3.8, 4) is 0 Å². The molecule has 32 heavy (non-hydrogen) atoms. The van der Waals surface area contributed by atoms with Crippen LogP contribution in [0.2, 0.25) is 0 Å². The Morgan fingerprint density at radius 1 is 0.938 bits per heavy atom. The summed E-state index contributed by atoms with van der Waals surface area (Å²) in [5.74, 6) is 1.28. The standard InChI is InChI=1S/C31H54O/c1-8-10-12-15-25(3)16-13-17-26(4)18-14-19-27(5)20-22-30-23-21-28(6)29(7)31(30)32-24-11-9-2/h15,18,21,23,27,29,31H,8-14,16-17,19-20,22,24H2,1-7H3/b25-15+,26-18+. The van der Waals surface area contributed by atoms with E-state index in [1.165, 1.54) is 81.8 Å². The van der Waals surface area contributed by atoms with Gasteiger partial charge in [-0.2, -0.15) is 0 Å². The molecule has 0 N–H and O–H groups in total. The van der Waals surface area contributed by atoms with Crippen LogP contribution in [-0.4, -0.2) is 12.7 Å². The van der Waals surface area contributed by atoms with Crippen LogP contribution in [0.25, 0.3) is 0 Å². The van der Waals surface area contributed by atoms with Crippen molar-refractivity contribution in [1.82, 2.24) is 0 Å². The molecule has 1 aliphatic carbocycles. The highest BCUT2D eigenvalue weighted by molar-refractivity contribution is 5.29. The molecule has 1 aliphatic rings. The number of hydrogen-bond donors (Lipinski definition) is 0. The van der Waals surface area contributed by atoms with E-state index in [1.807, 2.05) is 0 Å². The summed E-state index contributed by atoms with van der Waals surface area (Å²) in [6, 6.07) is 0. The predicted molar refractivity (Wildman–Crippen MR) is 144 cm³/mol. The van der Waals surface area contributed by atoms with Crippen molar-refractivity contribution in [2.75, 3.05) is 6.61 Å². The largest absolute Gasteiger partial charge is 0.373 e. The zero-order valence-electron chi connectivity index (χ0n) is 22.6. The number of ether oxygens (including phenoxy) is 1. The van der Waals surface area contributed by atoms with E-state index in [2.05, 4.69) is 72.8 Å². The molecule has 0 radical (unpaired) electrons. The zero-order valence-corrected chi connectivity index (χ0v) is 22.6. The Hall–Kier alpha value is -1.08. The second-order valence-corrected chi connectivity index (χ2v) is 10.4. The van der Waals surface area contributed by atoms with E-state index in [1.54, 1.807) is 11.1 Å². The summed E-state index contributed by atoms with van der Waals surface area (Å²) in [4.78, 5) is 0. The van der Waals surface area contributed by atoms with Crippen molar-refractivity contribution in [2.24, 2.45) is 11.8 Å². The molecule has 0 aliphatic heterocycles. The topological polar surface area (TPSA) is 9.23 Å². The lowest BCUT2D eigenvalue weighted by Crippen LogP contribution is -2.28. The number of rotatable bonds is 17. The minimum atomic E-state index is 0.292. The van der Waals surface area contributed by atoms with Crippen LogP contribution in [0.5, 0.6) is 0 Å². The highest BCUT2D eigenvalue weighted by atomic mass is 16.5. The number of allylic oxidation sites excluding steroid dienone is 6. The van der Waals surface area contributed by atoms with Gasteiger partial charge in [0.05, 0.1) is 6.10 Å². The maximum absolute atomic E-state index is 6.32. The average Bonchev–Trinajstić information content (AvgIpc) is 2.76. The quantitative estimate of drug-likeness (QED) is 0.161. The lowest BCUT2D eigenvalue weighted by atomic mass is 9.83. The molecule has 3 atom stereocenters. The van der Waals surface area contributed by atoms with Crippen molar-refractivity contribution in [1.29, 1.82) is 0 Å². The molecule has 1 nitrogen and oxygen atoms in total. The summed E-state index contributed by atoms with van der Waals surface area (Å²) in [5, 5.41) is 0. The van der Waals surface area contributed by atoms with Gasteiger partial charge >= 0.3 is 0 Å². The van der Waals surface area contributed by atoms with Gasteiger partial charge in [-0.3, -0.25) is 0 Å². The lowest BCUT2D eigenvalue weighted by Gasteiger charge is -2.31. The van der Waals surface area contributed by atoms with Crippen LogP contribution in [0.4, 0.5) is 0 Å². The van der Waals surface area contributed by atoms with Crippen LogP contribution < -0.4 is 0 Å². The Balaban J connectivity index is 2.34. The third kappa shape index (κ3) is 12.2. The second-order valence-electron chi connectivity index (χ2n) is 10.4. The SMILES string of the molecule is CCCC/C=C(\C)CCC/C(C)=C/CCC(C)CCC1=CC=C(C)C(C)C1OCCCC. The van der Waals surface area contributed by atoms with Gasteiger partial charge in [-0.15, -0.1) is 0 Å². The van der Waals surface area contributed by atoms with E-state index in [9.17, 15) is 0 Å². The molecular formula is C31H54O. The van der Waals surface area contributed by atoms with Crippen molar-refractivity contribution in [2.45, 2.75) is 132 Å². The molecule has 0 aromatic rings. The fraction of sp³-hybridized carbons (Fsp3) is 0.742. The third-order valence-corrected chi connectivity index (χ3v) is 7.16. The van der Waals surface area contributed by atoms with Gasteiger partial charge in [-0.25, -0.2) is 0 Å². The summed E-state index contributed by atoms with van der Waals surface area (Å²) in [7, 11) is 0. The zero-order chi connectivity index (χ0) is 23.8. The average molecular weight is 443 g/mol. The minimum absolute atomic E-state index is 0.292. The van der Waals surface area contributed by atoms with Crippen molar-refractivity contribution in [3.05, 3.63) is 46.6 Å². The first-order chi connectivity index (χ1) is 15.4. The fourth-order valence-corrected chi connectivity index (χ4v) is 4.45. The predicted octanol–water partition coefficient (Wildman–Crippen LogP) is 10.1. The molecule has 184 valence electrons. The summed E-state index contributed by atoms with van der Waals surface area (Å²) < 4.78 is 6.32.